The van der Waals surface area contributed by atoms with E-state index in [-0.39, 0.29) is 0 Å². The molecule has 2 atom stereocenters. The Morgan fingerprint density at radius 3 is 2.92 bits per heavy atom. The predicted molar refractivity (Wildman–Crippen MR) is 57.7 cm³/mol. The highest BCUT2D eigenvalue weighted by Gasteiger charge is 2.23. The van der Waals surface area contributed by atoms with Gasteiger partial charge in [0.25, 0.3) is 0 Å². The standard InChI is InChI=1S/C11H24N2/c1-3-11-5-4-8-13(11)9-10(2)6-7-12/h10-11H,3-9,12H2,1-2H3. The molecule has 0 bridgehead atoms. The second-order valence-corrected chi connectivity index (χ2v) is 4.38. The number of likely N-dealkylation sites (tertiary alicyclic amines) is 1. The van der Waals surface area contributed by atoms with Gasteiger partial charge in [0, 0.05) is 12.6 Å². The second-order valence-electron chi connectivity index (χ2n) is 4.38. The van der Waals surface area contributed by atoms with Gasteiger partial charge in [-0.05, 0) is 44.7 Å². The molecule has 0 radical (unpaired) electrons. The van der Waals surface area contributed by atoms with Gasteiger partial charge in [0.2, 0.25) is 0 Å². The van der Waals surface area contributed by atoms with Crippen LogP contribution in [-0.4, -0.2) is 30.6 Å². The SMILES string of the molecule is CCC1CCCN1CC(C)CCN. The van der Waals surface area contributed by atoms with E-state index in [9.17, 15) is 0 Å². The van der Waals surface area contributed by atoms with Crippen molar-refractivity contribution < 1.29 is 0 Å². The van der Waals surface area contributed by atoms with Gasteiger partial charge < -0.3 is 10.6 Å². The Hall–Kier alpha value is -0.0800. The summed E-state index contributed by atoms with van der Waals surface area (Å²) in [5, 5.41) is 0. The molecule has 1 fully saturated rings. The lowest BCUT2D eigenvalue weighted by Crippen LogP contribution is -2.33. The molecular weight excluding hydrogens is 160 g/mol. The lowest BCUT2D eigenvalue weighted by molar-refractivity contribution is 0.212. The van der Waals surface area contributed by atoms with Crippen LogP contribution in [0, 0.1) is 5.92 Å². The summed E-state index contributed by atoms with van der Waals surface area (Å²) >= 11 is 0. The monoisotopic (exact) mass is 184 g/mol. The molecule has 2 N–H and O–H groups in total. The fraction of sp³-hybridized carbons (Fsp3) is 1.00. The van der Waals surface area contributed by atoms with E-state index in [0.29, 0.717) is 0 Å². The molecule has 0 aromatic carbocycles. The summed E-state index contributed by atoms with van der Waals surface area (Å²) in [5.41, 5.74) is 5.55. The molecule has 2 unspecified atom stereocenters. The molecule has 0 spiro atoms. The van der Waals surface area contributed by atoms with Gasteiger partial charge >= 0.3 is 0 Å². The first-order valence-electron chi connectivity index (χ1n) is 5.72. The van der Waals surface area contributed by atoms with Gasteiger partial charge in [0.05, 0.1) is 0 Å². The van der Waals surface area contributed by atoms with Gasteiger partial charge in [0.1, 0.15) is 0 Å². The average molecular weight is 184 g/mol. The van der Waals surface area contributed by atoms with E-state index in [4.69, 9.17) is 5.73 Å². The van der Waals surface area contributed by atoms with Crippen LogP contribution in [-0.2, 0) is 0 Å². The maximum atomic E-state index is 5.55. The summed E-state index contributed by atoms with van der Waals surface area (Å²) in [6.07, 6.45) is 5.29. The van der Waals surface area contributed by atoms with Crippen LogP contribution in [0.1, 0.15) is 39.5 Å². The quantitative estimate of drug-likeness (QED) is 0.706. The molecule has 1 aliphatic heterocycles. The second kappa shape index (κ2) is 5.61. The molecule has 78 valence electrons. The molecule has 1 heterocycles. The fourth-order valence-electron chi connectivity index (χ4n) is 2.37. The van der Waals surface area contributed by atoms with Gasteiger partial charge in [-0.3, -0.25) is 0 Å². The molecule has 1 aliphatic rings. The van der Waals surface area contributed by atoms with Crippen molar-refractivity contribution in [1.29, 1.82) is 0 Å². The Labute approximate surface area is 82.5 Å². The van der Waals surface area contributed by atoms with Crippen LogP contribution < -0.4 is 5.73 Å². The van der Waals surface area contributed by atoms with E-state index >= 15 is 0 Å². The highest BCUT2D eigenvalue weighted by Crippen LogP contribution is 2.21. The molecule has 0 aromatic rings. The summed E-state index contributed by atoms with van der Waals surface area (Å²) in [4.78, 5) is 2.65. The first kappa shape index (κ1) is 11.0. The Bertz CT molecular complexity index is 136. The van der Waals surface area contributed by atoms with E-state index < -0.39 is 0 Å². The Morgan fingerprint density at radius 2 is 2.31 bits per heavy atom. The van der Waals surface area contributed by atoms with Crippen molar-refractivity contribution in [1.82, 2.24) is 4.90 Å². The van der Waals surface area contributed by atoms with Crippen LogP contribution in [0.15, 0.2) is 0 Å². The van der Waals surface area contributed by atoms with E-state index in [1.54, 1.807) is 0 Å². The smallest absolute Gasteiger partial charge is 0.00932 e. The minimum atomic E-state index is 0.775. The van der Waals surface area contributed by atoms with Gasteiger partial charge in [0.15, 0.2) is 0 Å². The van der Waals surface area contributed by atoms with Gasteiger partial charge in [-0.15, -0.1) is 0 Å². The Kier molecular flexibility index (Phi) is 4.74. The number of rotatable bonds is 5. The maximum absolute atomic E-state index is 5.55. The normalized spacial score (nSPS) is 26.5. The summed E-state index contributed by atoms with van der Waals surface area (Å²) in [7, 11) is 0. The topological polar surface area (TPSA) is 29.3 Å². The van der Waals surface area contributed by atoms with Crippen LogP contribution in [0.2, 0.25) is 0 Å². The molecule has 0 aliphatic carbocycles. The van der Waals surface area contributed by atoms with E-state index in [1.807, 2.05) is 0 Å². The molecular formula is C11H24N2. The highest BCUT2D eigenvalue weighted by molar-refractivity contribution is 4.79. The average Bonchev–Trinajstić information content (AvgIpc) is 2.52. The van der Waals surface area contributed by atoms with Crippen molar-refractivity contribution >= 4 is 0 Å². The molecule has 0 amide bonds. The van der Waals surface area contributed by atoms with Crippen LogP contribution >= 0.6 is 0 Å². The molecule has 13 heavy (non-hydrogen) atoms. The van der Waals surface area contributed by atoms with Crippen LogP contribution in [0.25, 0.3) is 0 Å². The van der Waals surface area contributed by atoms with E-state index in [0.717, 1.165) is 18.5 Å². The minimum absolute atomic E-state index is 0.775. The van der Waals surface area contributed by atoms with Crippen molar-refractivity contribution in [3.63, 3.8) is 0 Å². The molecule has 0 saturated carbocycles. The molecule has 1 rings (SSSR count). The van der Waals surface area contributed by atoms with Crippen molar-refractivity contribution in [2.75, 3.05) is 19.6 Å². The summed E-state index contributed by atoms with van der Waals surface area (Å²) in [6, 6.07) is 0.861. The van der Waals surface area contributed by atoms with Crippen LogP contribution in [0.3, 0.4) is 0 Å². The number of nitrogens with zero attached hydrogens (tertiary/aromatic N) is 1. The van der Waals surface area contributed by atoms with Gasteiger partial charge in [-0.1, -0.05) is 13.8 Å². The molecule has 1 saturated heterocycles. The lowest BCUT2D eigenvalue weighted by atomic mass is 10.1. The zero-order valence-corrected chi connectivity index (χ0v) is 9.13. The largest absolute Gasteiger partial charge is 0.330 e. The highest BCUT2D eigenvalue weighted by atomic mass is 15.2. The number of hydrogen-bond acceptors (Lipinski definition) is 2. The van der Waals surface area contributed by atoms with E-state index in [1.165, 1.54) is 38.8 Å². The third-order valence-electron chi connectivity index (χ3n) is 3.18. The third-order valence-corrected chi connectivity index (χ3v) is 3.18. The molecule has 0 aromatic heterocycles. The predicted octanol–water partition coefficient (Wildman–Crippen LogP) is 1.85. The Balaban J connectivity index is 2.26. The maximum Gasteiger partial charge on any atom is 0.00932 e. The molecule has 2 heteroatoms. The zero-order chi connectivity index (χ0) is 9.68. The lowest BCUT2D eigenvalue weighted by Gasteiger charge is -2.26. The Morgan fingerprint density at radius 1 is 1.54 bits per heavy atom. The van der Waals surface area contributed by atoms with E-state index in [2.05, 4.69) is 18.7 Å². The fourth-order valence-corrected chi connectivity index (χ4v) is 2.37. The number of nitrogens with two attached hydrogens (primary N) is 1. The summed E-state index contributed by atoms with van der Waals surface area (Å²) in [5.74, 6) is 0.775. The van der Waals surface area contributed by atoms with Crippen LogP contribution in [0.5, 0.6) is 0 Å². The third kappa shape index (κ3) is 3.28. The summed E-state index contributed by atoms with van der Waals surface area (Å²) in [6.45, 7) is 8.03. The van der Waals surface area contributed by atoms with Crippen molar-refractivity contribution in [2.45, 2.75) is 45.6 Å². The minimum Gasteiger partial charge on any atom is -0.330 e. The first-order chi connectivity index (χ1) is 6.27. The van der Waals surface area contributed by atoms with Crippen molar-refractivity contribution in [3.8, 4) is 0 Å². The van der Waals surface area contributed by atoms with Crippen molar-refractivity contribution in [2.24, 2.45) is 11.7 Å². The first-order valence-corrected chi connectivity index (χ1v) is 5.72. The van der Waals surface area contributed by atoms with Gasteiger partial charge in [-0.2, -0.15) is 0 Å². The van der Waals surface area contributed by atoms with Crippen molar-refractivity contribution in [3.05, 3.63) is 0 Å². The van der Waals surface area contributed by atoms with Gasteiger partial charge in [-0.25, -0.2) is 0 Å². The summed E-state index contributed by atoms with van der Waals surface area (Å²) < 4.78 is 0. The zero-order valence-electron chi connectivity index (χ0n) is 9.13. The number of hydrogen-bond donors (Lipinski definition) is 1. The molecule has 2 nitrogen and oxygen atoms in total. The van der Waals surface area contributed by atoms with Crippen LogP contribution in [0.4, 0.5) is 0 Å².